The number of primary sulfonamides is 1. The van der Waals surface area contributed by atoms with Crippen molar-refractivity contribution in [3.63, 3.8) is 0 Å². The molecular formula is C18H17FN2O5S. The van der Waals surface area contributed by atoms with E-state index >= 15 is 0 Å². The van der Waals surface area contributed by atoms with Crippen molar-refractivity contribution in [2.24, 2.45) is 10.1 Å². The van der Waals surface area contributed by atoms with Gasteiger partial charge in [-0.25, -0.2) is 22.9 Å². The third kappa shape index (κ3) is 4.50. The number of nitrogens with zero attached hydrogens (tertiary/aromatic N) is 1. The van der Waals surface area contributed by atoms with Gasteiger partial charge in [-0.3, -0.25) is 4.79 Å². The Balaban J connectivity index is 1.93. The minimum absolute atomic E-state index is 0.0291. The second-order valence-corrected chi connectivity index (χ2v) is 7.63. The average Bonchev–Trinajstić information content (AvgIpc) is 3.04. The molecule has 0 bridgehead atoms. The fraction of sp³-hybridized carbons (Fsp3) is 0.222. The van der Waals surface area contributed by atoms with Crippen LogP contribution in [0.5, 0.6) is 0 Å². The smallest absolute Gasteiger partial charge is 0.303 e. The van der Waals surface area contributed by atoms with E-state index in [9.17, 15) is 17.6 Å². The lowest BCUT2D eigenvalue weighted by Crippen LogP contribution is -2.12. The molecule has 1 heterocycles. The van der Waals surface area contributed by atoms with Crippen LogP contribution in [0.3, 0.4) is 0 Å². The van der Waals surface area contributed by atoms with Crippen LogP contribution in [0.25, 0.3) is 0 Å². The number of ether oxygens (including phenoxy) is 1. The molecule has 0 fully saturated rings. The molecule has 3 rings (SSSR count). The number of carbonyl (C=O) groups is 1. The highest BCUT2D eigenvalue weighted by Crippen LogP contribution is 2.40. The van der Waals surface area contributed by atoms with Crippen molar-refractivity contribution in [3.05, 3.63) is 65.5 Å². The van der Waals surface area contributed by atoms with Crippen molar-refractivity contribution in [1.82, 2.24) is 0 Å². The van der Waals surface area contributed by atoms with Gasteiger partial charge >= 0.3 is 5.97 Å². The monoisotopic (exact) mass is 392 g/mol. The SMILES string of the molecule is NS(=O)(=O)c1ccc(C2N=C(CCC(=O)O)OC2c2ccc(F)cc2)cc1. The molecule has 2 unspecified atom stereocenters. The van der Waals surface area contributed by atoms with Gasteiger partial charge < -0.3 is 9.84 Å². The Kier molecular flexibility index (Phi) is 5.24. The molecule has 7 nitrogen and oxygen atoms in total. The molecule has 0 aromatic heterocycles. The van der Waals surface area contributed by atoms with E-state index in [1.807, 2.05) is 0 Å². The minimum atomic E-state index is -3.82. The number of carboxylic acids is 1. The lowest BCUT2D eigenvalue weighted by atomic mass is 9.97. The summed E-state index contributed by atoms with van der Waals surface area (Å²) in [6.45, 7) is 0. The highest BCUT2D eigenvalue weighted by atomic mass is 32.2. The Labute approximate surface area is 155 Å². The Morgan fingerprint density at radius 3 is 2.26 bits per heavy atom. The van der Waals surface area contributed by atoms with Crippen molar-refractivity contribution >= 4 is 21.9 Å². The average molecular weight is 392 g/mol. The number of rotatable bonds is 6. The highest BCUT2D eigenvalue weighted by molar-refractivity contribution is 7.89. The standard InChI is InChI=1S/C18H17FN2O5S/c19-13-5-1-12(2-6-13)18-17(21-15(26-18)9-10-16(22)23)11-3-7-14(8-4-11)27(20,24)25/h1-8,17-18H,9-10H2,(H,22,23)(H2,20,24,25). The van der Waals surface area contributed by atoms with Crippen molar-refractivity contribution in [3.8, 4) is 0 Å². The van der Waals surface area contributed by atoms with Gasteiger partial charge in [-0.1, -0.05) is 24.3 Å². The maximum Gasteiger partial charge on any atom is 0.303 e. The van der Waals surface area contributed by atoms with Gasteiger partial charge in [0.05, 0.1) is 11.3 Å². The van der Waals surface area contributed by atoms with Crippen LogP contribution >= 0.6 is 0 Å². The van der Waals surface area contributed by atoms with Crippen LogP contribution in [0.1, 0.15) is 36.1 Å². The van der Waals surface area contributed by atoms with Gasteiger partial charge in [-0.05, 0) is 35.4 Å². The van der Waals surface area contributed by atoms with Crippen molar-refractivity contribution in [1.29, 1.82) is 0 Å². The van der Waals surface area contributed by atoms with Gasteiger partial charge in [0.25, 0.3) is 0 Å². The molecule has 2 aromatic carbocycles. The second kappa shape index (κ2) is 7.45. The summed E-state index contributed by atoms with van der Waals surface area (Å²) in [6, 6.07) is 11.1. The molecule has 0 saturated heterocycles. The van der Waals surface area contributed by atoms with Crippen LogP contribution < -0.4 is 5.14 Å². The fourth-order valence-corrected chi connectivity index (χ4v) is 3.32. The number of hydrogen-bond donors (Lipinski definition) is 2. The van der Waals surface area contributed by atoms with Crippen LogP contribution in [-0.2, 0) is 19.6 Å². The number of benzene rings is 2. The van der Waals surface area contributed by atoms with Crippen molar-refractivity contribution < 1.29 is 27.4 Å². The van der Waals surface area contributed by atoms with E-state index in [1.54, 1.807) is 24.3 Å². The predicted octanol–water partition coefficient (Wildman–Crippen LogP) is 2.55. The summed E-state index contributed by atoms with van der Waals surface area (Å²) in [7, 11) is -3.82. The summed E-state index contributed by atoms with van der Waals surface area (Å²) < 4.78 is 41.9. The van der Waals surface area contributed by atoms with Gasteiger partial charge in [0.15, 0.2) is 12.0 Å². The van der Waals surface area contributed by atoms with Gasteiger partial charge in [0.2, 0.25) is 10.0 Å². The number of sulfonamides is 1. The van der Waals surface area contributed by atoms with Crippen molar-refractivity contribution in [2.45, 2.75) is 29.9 Å². The first-order valence-corrected chi connectivity index (χ1v) is 9.62. The van der Waals surface area contributed by atoms with Crippen LogP contribution in [-0.4, -0.2) is 25.4 Å². The van der Waals surface area contributed by atoms with E-state index in [0.29, 0.717) is 11.1 Å². The first kappa shape index (κ1) is 19.0. The first-order valence-electron chi connectivity index (χ1n) is 8.07. The van der Waals surface area contributed by atoms with Gasteiger partial charge in [0, 0.05) is 6.42 Å². The first-order chi connectivity index (χ1) is 12.7. The normalized spacial score (nSPS) is 19.4. The minimum Gasteiger partial charge on any atom is -0.481 e. The number of aliphatic imine (C=N–C) groups is 1. The Morgan fingerprint density at radius 1 is 1.11 bits per heavy atom. The predicted molar refractivity (Wildman–Crippen MR) is 95.1 cm³/mol. The zero-order chi connectivity index (χ0) is 19.6. The quantitative estimate of drug-likeness (QED) is 0.783. The summed E-state index contributed by atoms with van der Waals surface area (Å²) in [5.74, 6) is -1.08. The Bertz CT molecular complexity index is 972. The number of carboxylic acid groups (broad SMARTS) is 1. The number of hydrogen-bond acceptors (Lipinski definition) is 5. The molecule has 0 amide bonds. The van der Waals surface area contributed by atoms with Crippen LogP contribution in [0.15, 0.2) is 58.4 Å². The van der Waals surface area contributed by atoms with Gasteiger partial charge in [0.1, 0.15) is 11.9 Å². The van der Waals surface area contributed by atoms with Crippen molar-refractivity contribution in [2.75, 3.05) is 0 Å². The number of nitrogens with two attached hydrogens (primary N) is 1. The lowest BCUT2D eigenvalue weighted by molar-refractivity contribution is -0.136. The van der Waals surface area contributed by atoms with E-state index in [4.69, 9.17) is 15.0 Å². The van der Waals surface area contributed by atoms with E-state index in [2.05, 4.69) is 4.99 Å². The number of halogens is 1. The zero-order valence-electron chi connectivity index (χ0n) is 14.1. The summed E-state index contributed by atoms with van der Waals surface area (Å²) >= 11 is 0. The molecule has 9 heteroatoms. The Morgan fingerprint density at radius 2 is 1.70 bits per heavy atom. The second-order valence-electron chi connectivity index (χ2n) is 6.07. The van der Waals surface area contributed by atoms with Crippen LogP contribution in [0, 0.1) is 5.82 Å². The Hall–Kier alpha value is -2.78. The zero-order valence-corrected chi connectivity index (χ0v) is 14.9. The molecular weight excluding hydrogens is 375 g/mol. The molecule has 0 spiro atoms. The number of aliphatic carboxylic acids is 1. The van der Waals surface area contributed by atoms with E-state index in [1.165, 1.54) is 24.3 Å². The molecule has 0 radical (unpaired) electrons. The maximum atomic E-state index is 13.2. The third-order valence-electron chi connectivity index (χ3n) is 4.13. The maximum absolute atomic E-state index is 13.2. The summed E-state index contributed by atoms with van der Waals surface area (Å²) in [6.07, 6.45) is -0.583. The summed E-state index contributed by atoms with van der Waals surface area (Å²) in [5, 5.41) is 14.0. The van der Waals surface area contributed by atoms with E-state index < -0.39 is 34.0 Å². The molecule has 1 aliphatic rings. The molecule has 3 N–H and O–H groups in total. The van der Waals surface area contributed by atoms with Crippen LogP contribution in [0.2, 0.25) is 0 Å². The molecule has 1 aliphatic heterocycles. The van der Waals surface area contributed by atoms with E-state index in [0.717, 1.165) is 0 Å². The molecule has 27 heavy (non-hydrogen) atoms. The van der Waals surface area contributed by atoms with Gasteiger partial charge in [-0.2, -0.15) is 0 Å². The third-order valence-corrected chi connectivity index (χ3v) is 5.06. The van der Waals surface area contributed by atoms with Gasteiger partial charge in [-0.15, -0.1) is 0 Å². The topological polar surface area (TPSA) is 119 Å². The fourth-order valence-electron chi connectivity index (χ4n) is 2.81. The molecule has 2 aromatic rings. The molecule has 142 valence electrons. The lowest BCUT2D eigenvalue weighted by Gasteiger charge is -2.18. The molecule has 0 saturated carbocycles. The van der Waals surface area contributed by atoms with E-state index in [-0.39, 0.29) is 23.6 Å². The summed E-state index contributed by atoms with van der Waals surface area (Å²) in [5.41, 5.74) is 1.34. The molecule has 2 atom stereocenters. The van der Waals surface area contributed by atoms with Crippen LogP contribution in [0.4, 0.5) is 4.39 Å². The molecule has 0 aliphatic carbocycles. The summed E-state index contributed by atoms with van der Waals surface area (Å²) in [4.78, 5) is 15.2. The highest BCUT2D eigenvalue weighted by Gasteiger charge is 2.33. The largest absolute Gasteiger partial charge is 0.481 e.